The maximum absolute atomic E-state index is 12.5. The molecule has 8 nitrogen and oxygen atoms in total. The van der Waals surface area contributed by atoms with Gasteiger partial charge in [-0.1, -0.05) is 37.3 Å². The molecule has 32 heavy (non-hydrogen) atoms. The number of nitrogens with one attached hydrogen (secondary N) is 2. The fraction of sp³-hybridized carbons (Fsp3) is 0.217. The second-order valence-electron chi connectivity index (χ2n) is 6.93. The first-order valence-corrected chi connectivity index (χ1v) is 11.5. The highest BCUT2D eigenvalue weighted by molar-refractivity contribution is 7.89. The van der Waals surface area contributed by atoms with E-state index in [0.717, 1.165) is 5.56 Å². The topological polar surface area (TPSA) is 115 Å². The number of sulfonamides is 1. The van der Waals surface area contributed by atoms with Crippen LogP contribution in [0.25, 0.3) is 0 Å². The molecule has 1 heterocycles. The van der Waals surface area contributed by atoms with Gasteiger partial charge in [-0.2, -0.15) is 0 Å². The molecule has 0 aliphatic heterocycles. The van der Waals surface area contributed by atoms with Crippen molar-refractivity contribution in [3.8, 4) is 0 Å². The van der Waals surface area contributed by atoms with Crippen molar-refractivity contribution in [2.45, 2.75) is 37.4 Å². The molecular formula is C23H24N2O6S. The lowest BCUT2D eigenvalue weighted by Crippen LogP contribution is -2.37. The van der Waals surface area contributed by atoms with Crippen molar-refractivity contribution in [1.29, 1.82) is 0 Å². The fourth-order valence-corrected chi connectivity index (χ4v) is 3.84. The van der Waals surface area contributed by atoms with E-state index in [-0.39, 0.29) is 17.0 Å². The highest BCUT2D eigenvalue weighted by Crippen LogP contribution is 2.14. The monoisotopic (exact) mass is 456 g/mol. The quantitative estimate of drug-likeness (QED) is 0.453. The van der Waals surface area contributed by atoms with E-state index in [1.54, 1.807) is 19.1 Å². The zero-order valence-corrected chi connectivity index (χ0v) is 18.3. The first kappa shape index (κ1) is 23.2. The van der Waals surface area contributed by atoms with Gasteiger partial charge in [0.15, 0.2) is 6.10 Å². The molecule has 0 saturated heterocycles. The summed E-state index contributed by atoms with van der Waals surface area (Å²) < 4.78 is 37.6. The Morgan fingerprint density at radius 3 is 2.31 bits per heavy atom. The number of hydrogen-bond acceptors (Lipinski definition) is 6. The van der Waals surface area contributed by atoms with Crippen molar-refractivity contribution >= 4 is 21.9 Å². The van der Waals surface area contributed by atoms with E-state index in [4.69, 9.17) is 9.15 Å². The SMILES string of the molecule is CCC(OC(=O)c1ccc(S(=O)(=O)NCc2ccco2)cc1)C(=O)NCc1ccccc1. The van der Waals surface area contributed by atoms with E-state index >= 15 is 0 Å². The number of esters is 1. The summed E-state index contributed by atoms with van der Waals surface area (Å²) in [6.45, 7) is 2.07. The van der Waals surface area contributed by atoms with Crippen LogP contribution in [0, 0.1) is 0 Å². The molecule has 1 atom stereocenters. The van der Waals surface area contributed by atoms with Gasteiger partial charge in [0.2, 0.25) is 10.0 Å². The van der Waals surface area contributed by atoms with E-state index in [1.807, 2.05) is 30.3 Å². The standard InChI is InChI=1S/C23H24N2O6S/c1-2-21(22(26)24-15-17-7-4-3-5-8-17)31-23(27)18-10-12-20(13-11-18)32(28,29)25-16-19-9-6-14-30-19/h3-14,21,25H,2,15-16H2,1H3,(H,24,26). The van der Waals surface area contributed by atoms with Crippen LogP contribution in [0.2, 0.25) is 0 Å². The minimum absolute atomic E-state index is 0.00625. The molecule has 1 amide bonds. The number of amides is 1. The summed E-state index contributed by atoms with van der Waals surface area (Å²) in [5.74, 6) is -0.629. The van der Waals surface area contributed by atoms with Crippen LogP contribution in [-0.4, -0.2) is 26.4 Å². The summed E-state index contributed by atoms with van der Waals surface area (Å²) in [6.07, 6.45) is 0.801. The third kappa shape index (κ3) is 6.29. The van der Waals surface area contributed by atoms with E-state index in [1.165, 1.54) is 30.5 Å². The van der Waals surface area contributed by atoms with E-state index in [2.05, 4.69) is 10.0 Å². The van der Waals surface area contributed by atoms with Crippen LogP contribution < -0.4 is 10.0 Å². The summed E-state index contributed by atoms with van der Waals surface area (Å²) in [5.41, 5.74) is 1.07. The molecule has 168 valence electrons. The smallest absolute Gasteiger partial charge is 0.338 e. The van der Waals surface area contributed by atoms with Crippen molar-refractivity contribution in [1.82, 2.24) is 10.0 Å². The molecule has 0 aliphatic carbocycles. The van der Waals surface area contributed by atoms with Crippen molar-refractivity contribution < 1.29 is 27.2 Å². The lowest BCUT2D eigenvalue weighted by atomic mass is 10.2. The number of hydrogen-bond donors (Lipinski definition) is 2. The predicted octanol–water partition coefficient (Wildman–Crippen LogP) is 3.01. The third-order valence-corrected chi connectivity index (χ3v) is 6.06. The van der Waals surface area contributed by atoms with Crippen LogP contribution >= 0.6 is 0 Å². The Bertz CT molecular complexity index is 1130. The molecule has 0 bridgehead atoms. The Hall–Kier alpha value is -3.43. The van der Waals surface area contributed by atoms with Crippen LogP contribution in [0.5, 0.6) is 0 Å². The van der Waals surface area contributed by atoms with Crippen molar-refractivity contribution in [3.63, 3.8) is 0 Å². The number of rotatable bonds is 10. The minimum atomic E-state index is -3.78. The molecule has 3 rings (SSSR count). The summed E-state index contributed by atoms with van der Waals surface area (Å²) in [5, 5.41) is 2.75. The molecule has 1 unspecified atom stereocenters. The average molecular weight is 457 g/mol. The zero-order valence-electron chi connectivity index (χ0n) is 17.5. The van der Waals surface area contributed by atoms with E-state index < -0.39 is 28.0 Å². The number of furan rings is 1. The Balaban J connectivity index is 1.57. The van der Waals surface area contributed by atoms with Gasteiger partial charge < -0.3 is 14.5 Å². The molecule has 2 aromatic carbocycles. The number of carbonyl (C=O) groups excluding carboxylic acids is 2. The predicted molar refractivity (Wildman–Crippen MR) is 117 cm³/mol. The van der Waals surface area contributed by atoms with E-state index in [9.17, 15) is 18.0 Å². The van der Waals surface area contributed by atoms with Gasteiger partial charge in [0.25, 0.3) is 5.91 Å². The Kier molecular flexibility index (Phi) is 7.80. The summed E-state index contributed by atoms with van der Waals surface area (Å²) in [7, 11) is -3.78. The van der Waals surface area contributed by atoms with Crippen LogP contribution in [0.15, 0.2) is 82.3 Å². The maximum Gasteiger partial charge on any atom is 0.338 e. The average Bonchev–Trinajstić information content (AvgIpc) is 3.34. The van der Waals surface area contributed by atoms with E-state index in [0.29, 0.717) is 18.7 Å². The maximum atomic E-state index is 12.5. The largest absolute Gasteiger partial charge is 0.468 e. The molecular weight excluding hydrogens is 432 g/mol. The highest BCUT2D eigenvalue weighted by Gasteiger charge is 2.22. The van der Waals surface area contributed by atoms with Crippen LogP contribution in [0.3, 0.4) is 0 Å². The summed E-state index contributed by atoms with van der Waals surface area (Å²) in [6, 6.07) is 18.0. The van der Waals surface area contributed by atoms with Crippen molar-refractivity contribution in [2.24, 2.45) is 0 Å². The van der Waals surface area contributed by atoms with Gasteiger partial charge >= 0.3 is 5.97 Å². The first-order valence-electron chi connectivity index (χ1n) is 10.0. The molecule has 0 fully saturated rings. The van der Waals surface area contributed by atoms with Crippen LogP contribution in [-0.2, 0) is 32.6 Å². The van der Waals surface area contributed by atoms with Gasteiger partial charge in [0.05, 0.1) is 23.3 Å². The summed E-state index contributed by atoms with van der Waals surface area (Å²) in [4.78, 5) is 24.8. The molecule has 3 aromatic rings. The molecule has 2 N–H and O–H groups in total. The van der Waals surface area contributed by atoms with Gasteiger partial charge in [-0.05, 0) is 48.4 Å². The Morgan fingerprint density at radius 1 is 0.969 bits per heavy atom. The van der Waals surface area contributed by atoms with Crippen molar-refractivity contribution in [2.75, 3.05) is 0 Å². The number of carbonyl (C=O) groups is 2. The lowest BCUT2D eigenvalue weighted by Gasteiger charge is -2.16. The second-order valence-corrected chi connectivity index (χ2v) is 8.70. The Labute approximate surface area is 186 Å². The Morgan fingerprint density at radius 2 is 1.69 bits per heavy atom. The van der Waals surface area contributed by atoms with Gasteiger partial charge in [0, 0.05) is 6.54 Å². The lowest BCUT2D eigenvalue weighted by molar-refractivity contribution is -0.130. The third-order valence-electron chi connectivity index (χ3n) is 4.64. The highest BCUT2D eigenvalue weighted by atomic mass is 32.2. The molecule has 0 aliphatic rings. The van der Waals surface area contributed by atoms with Crippen LogP contribution in [0.4, 0.5) is 0 Å². The molecule has 0 spiro atoms. The summed E-state index contributed by atoms with van der Waals surface area (Å²) >= 11 is 0. The molecule has 1 aromatic heterocycles. The van der Waals surface area contributed by atoms with Gasteiger partial charge in [-0.15, -0.1) is 0 Å². The van der Waals surface area contributed by atoms with Crippen molar-refractivity contribution in [3.05, 3.63) is 89.9 Å². The number of benzene rings is 2. The second kappa shape index (κ2) is 10.7. The minimum Gasteiger partial charge on any atom is -0.468 e. The number of ether oxygens (including phenoxy) is 1. The first-order chi connectivity index (χ1) is 15.4. The van der Waals surface area contributed by atoms with Gasteiger partial charge in [-0.3, -0.25) is 4.79 Å². The molecule has 0 saturated carbocycles. The molecule has 9 heteroatoms. The molecule has 0 radical (unpaired) electrons. The van der Waals surface area contributed by atoms with Gasteiger partial charge in [-0.25, -0.2) is 17.9 Å². The zero-order chi connectivity index (χ0) is 23.0. The fourth-order valence-electron chi connectivity index (χ4n) is 2.85. The normalized spacial score (nSPS) is 12.2. The van der Waals surface area contributed by atoms with Gasteiger partial charge in [0.1, 0.15) is 5.76 Å². The van der Waals surface area contributed by atoms with Crippen LogP contribution in [0.1, 0.15) is 35.0 Å².